The van der Waals surface area contributed by atoms with E-state index in [-0.39, 0.29) is 24.0 Å². The van der Waals surface area contributed by atoms with Crippen molar-refractivity contribution in [3.8, 4) is 0 Å². The molecule has 0 unspecified atom stereocenters. The summed E-state index contributed by atoms with van der Waals surface area (Å²) in [5.41, 5.74) is -2.07. The molecule has 0 aliphatic carbocycles. The summed E-state index contributed by atoms with van der Waals surface area (Å²) in [6.45, 7) is 0. The van der Waals surface area contributed by atoms with E-state index in [4.69, 9.17) is 9.11 Å². The molecular formula is C14H12N2O10S2. The lowest BCUT2D eigenvalue weighted by atomic mass is 10.0. The van der Waals surface area contributed by atoms with Gasteiger partial charge in [0.25, 0.3) is 11.4 Å². The van der Waals surface area contributed by atoms with Crippen LogP contribution in [0.25, 0.3) is 0 Å². The van der Waals surface area contributed by atoms with E-state index in [2.05, 4.69) is 0 Å². The summed E-state index contributed by atoms with van der Waals surface area (Å²) in [5.74, 6) is 0. The maximum Gasteiger partial charge on any atom is 0.301 e. The van der Waals surface area contributed by atoms with Crippen molar-refractivity contribution in [2.45, 2.75) is 22.6 Å². The average molecular weight is 432 g/mol. The highest BCUT2D eigenvalue weighted by Crippen LogP contribution is 2.32. The van der Waals surface area contributed by atoms with Crippen molar-refractivity contribution in [1.82, 2.24) is 0 Å². The fourth-order valence-corrected chi connectivity index (χ4v) is 4.04. The van der Waals surface area contributed by atoms with E-state index in [1.165, 1.54) is 12.1 Å². The van der Waals surface area contributed by atoms with Gasteiger partial charge in [-0.2, -0.15) is 16.8 Å². The predicted octanol–water partition coefficient (Wildman–Crippen LogP) is 1.78. The Kier molecular flexibility index (Phi) is 5.79. The first kappa shape index (κ1) is 21.4. The van der Waals surface area contributed by atoms with Gasteiger partial charge in [-0.3, -0.25) is 29.3 Å². The largest absolute Gasteiger partial charge is 0.301 e. The van der Waals surface area contributed by atoms with E-state index in [1.807, 2.05) is 0 Å². The number of nitro groups is 2. The van der Waals surface area contributed by atoms with E-state index >= 15 is 0 Å². The van der Waals surface area contributed by atoms with Gasteiger partial charge in [0, 0.05) is 11.1 Å². The molecule has 0 aliphatic heterocycles. The number of benzene rings is 2. The smallest absolute Gasteiger partial charge is 0.282 e. The molecule has 12 nitrogen and oxygen atoms in total. The van der Waals surface area contributed by atoms with Gasteiger partial charge in [0.1, 0.15) is 0 Å². The number of nitrogens with zero attached hydrogens (tertiary/aromatic N) is 2. The molecule has 0 bridgehead atoms. The van der Waals surface area contributed by atoms with Gasteiger partial charge in [0.2, 0.25) is 0 Å². The van der Waals surface area contributed by atoms with Crippen LogP contribution in [0.2, 0.25) is 0 Å². The highest BCUT2D eigenvalue weighted by Gasteiger charge is 2.30. The summed E-state index contributed by atoms with van der Waals surface area (Å²) in [7, 11) is -9.79. The van der Waals surface area contributed by atoms with Gasteiger partial charge in [-0.05, 0) is 25.0 Å². The zero-order chi connectivity index (χ0) is 21.3. The third-order valence-corrected chi connectivity index (χ3v) is 5.52. The lowest BCUT2D eigenvalue weighted by Crippen LogP contribution is -2.09. The molecule has 28 heavy (non-hydrogen) atoms. The van der Waals surface area contributed by atoms with Crippen LogP contribution >= 0.6 is 0 Å². The Morgan fingerprint density at radius 3 is 1.29 bits per heavy atom. The summed E-state index contributed by atoms with van der Waals surface area (Å²) < 4.78 is 63.7. The Balaban J connectivity index is 2.55. The molecule has 2 rings (SSSR count). The molecule has 2 aromatic rings. The van der Waals surface area contributed by atoms with Crippen LogP contribution in [0.15, 0.2) is 46.2 Å². The Labute approximate surface area is 158 Å². The minimum Gasteiger partial charge on any atom is -0.282 e. The molecule has 2 N–H and O–H groups in total. The SMILES string of the molecule is O=[N+]([O-])c1c(CCc2cccc(S(=O)(=O)O)c2[N+](=O)[O-])cccc1S(=O)(=O)O. The summed E-state index contributed by atoms with van der Waals surface area (Å²) in [6.07, 6.45) is -0.565. The van der Waals surface area contributed by atoms with Crippen molar-refractivity contribution in [2.75, 3.05) is 0 Å². The minimum atomic E-state index is -4.89. The molecule has 0 radical (unpaired) electrons. The highest BCUT2D eigenvalue weighted by atomic mass is 32.2. The maximum absolute atomic E-state index is 11.4. The van der Waals surface area contributed by atoms with Crippen molar-refractivity contribution >= 4 is 31.6 Å². The van der Waals surface area contributed by atoms with Gasteiger partial charge in [0.15, 0.2) is 9.79 Å². The second kappa shape index (κ2) is 7.59. The van der Waals surface area contributed by atoms with Gasteiger partial charge < -0.3 is 0 Å². The first-order valence-corrected chi connectivity index (χ1v) is 10.2. The molecule has 0 atom stereocenters. The molecule has 0 spiro atoms. The van der Waals surface area contributed by atoms with Crippen molar-refractivity contribution in [3.63, 3.8) is 0 Å². The fraction of sp³-hybridized carbons (Fsp3) is 0.143. The molecule has 0 amide bonds. The van der Waals surface area contributed by atoms with Crippen LogP contribution in [0.4, 0.5) is 11.4 Å². The first-order chi connectivity index (χ1) is 12.8. The molecule has 0 heterocycles. The third kappa shape index (κ3) is 4.48. The molecule has 2 aromatic carbocycles. The number of hydrogen-bond acceptors (Lipinski definition) is 8. The second-order valence-corrected chi connectivity index (χ2v) is 8.27. The molecule has 150 valence electrons. The van der Waals surface area contributed by atoms with Crippen molar-refractivity contribution in [1.29, 1.82) is 0 Å². The van der Waals surface area contributed by atoms with Crippen LogP contribution in [0.5, 0.6) is 0 Å². The Hall–Kier alpha value is -2.94. The summed E-state index contributed by atoms with van der Waals surface area (Å²) in [6, 6.07) is 6.36. The van der Waals surface area contributed by atoms with Crippen LogP contribution in [0, 0.1) is 20.2 Å². The molecule has 0 aliphatic rings. The van der Waals surface area contributed by atoms with Crippen LogP contribution < -0.4 is 0 Å². The van der Waals surface area contributed by atoms with Crippen LogP contribution in [0.1, 0.15) is 11.1 Å². The normalized spacial score (nSPS) is 11.9. The average Bonchev–Trinajstić information content (AvgIpc) is 2.57. The number of hydrogen-bond donors (Lipinski definition) is 2. The topological polar surface area (TPSA) is 195 Å². The summed E-state index contributed by atoms with van der Waals surface area (Å²) in [5, 5.41) is 22.5. The van der Waals surface area contributed by atoms with E-state index in [0.29, 0.717) is 0 Å². The van der Waals surface area contributed by atoms with E-state index in [0.717, 1.165) is 24.3 Å². The number of nitro benzene ring substituents is 2. The fourth-order valence-electron chi connectivity index (χ4n) is 2.64. The van der Waals surface area contributed by atoms with Gasteiger partial charge >= 0.3 is 20.2 Å². The maximum atomic E-state index is 11.4. The Morgan fingerprint density at radius 1 is 0.714 bits per heavy atom. The van der Waals surface area contributed by atoms with Gasteiger partial charge in [-0.15, -0.1) is 0 Å². The van der Waals surface area contributed by atoms with Crippen molar-refractivity contribution < 1.29 is 35.8 Å². The zero-order valence-corrected chi connectivity index (χ0v) is 15.4. The lowest BCUT2D eigenvalue weighted by Gasteiger charge is -2.08. The zero-order valence-electron chi connectivity index (χ0n) is 13.7. The van der Waals surface area contributed by atoms with Gasteiger partial charge in [-0.1, -0.05) is 24.3 Å². The second-order valence-electron chi connectivity index (χ2n) is 5.49. The minimum absolute atomic E-state index is 0.147. The van der Waals surface area contributed by atoms with Crippen molar-refractivity contribution in [2.24, 2.45) is 0 Å². The number of rotatable bonds is 7. The number of para-hydroxylation sites is 2. The number of aryl methyl sites for hydroxylation is 2. The predicted molar refractivity (Wildman–Crippen MR) is 93.2 cm³/mol. The van der Waals surface area contributed by atoms with Crippen LogP contribution in [-0.4, -0.2) is 35.8 Å². The standard InChI is InChI=1S/C14H12N2O10S2/c17-15(18)13-9(3-1-5-11(13)27(21,22)23)7-8-10-4-2-6-12(28(24,25)26)14(10)16(19)20/h1-6H,7-8H2,(H,21,22,23)(H,24,25,26). The highest BCUT2D eigenvalue weighted by molar-refractivity contribution is 7.86. The summed E-state index contributed by atoms with van der Waals surface area (Å²) in [4.78, 5) is 18.6. The Morgan fingerprint density at radius 2 is 1.04 bits per heavy atom. The molecule has 0 saturated carbocycles. The summed E-state index contributed by atoms with van der Waals surface area (Å²) >= 11 is 0. The quantitative estimate of drug-likeness (QED) is 0.369. The molecule has 0 saturated heterocycles. The van der Waals surface area contributed by atoms with Crippen LogP contribution in [0.3, 0.4) is 0 Å². The molecular weight excluding hydrogens is 420 g/mol. The van der Waals surface area contributed by atoms with Crippen molar-refractivity contribution in [3.05, 3.63) is 67.8 Å². The van der Waals surface area contributed by atoms with Crippen LogP contribution in [-0.2, 0) is 33.1 Å². The third-order valence-electron chi connectivity index (χ3n) is 3.75. The van der Waals surface area contributed by atoms with E-state index in [9.17, 15) is 37.1 Å². The molecule has 0 fully saturated rings. The van der Waals surface area contributed by atoms with Gasteiger partial charge in [0.05, 0.1) is 9.85 Å². The van der Waals surface area contributed by atoms with E-state index in [1.54, 1.807) is 0 Å². The lowest BCUT2D eigenvalue weighted by molar-refractivity contribution is -0.389. The molecule has 14 heteroatoms. The first-order valence-electron chi connectivity index (χ1n) is 7.31. The van der Waals surface area contributed by atoms with Gasteiger partial charge in [-0.25, -0.2) is 0 Å². The van der Waals surface area contributed by atoms with E-state index < -0.39 is 51.2 Å². The monoisotopic (exact) mass is 432 g/mol. The Bertz CT molecular complexity index is 1080. The molecule has 0 aromatic heterocycles.